The summed E-state index contributed by atoms with van der Waals surface area (Å²) in [6, 6.07) is 20.5. The highest BCUT2D eigenvalue weighted by Crippen LogP contribution is 2.34. The molecule has 182 valence electrons. The molecule has 4 rings (SSSR count). The Bertz CT molecular complexity index is 1160. The van der Waals surface area contributed by atoms with Crippen molar-refractivity contribution in [2.24, 2.45) is 5.92 Å². The van der Waals surface area contributed by atoms with Gasteiger partial charge in [-0.3, -0.25) is 0 Å². The summed E-state index contributed by atoms with van der Waals surface area (Å²) in [4.78, 5) is 0.521. The molecule has 0 heterocycles. The summed E-state index contributed by atoms with van der Waals surface area (Å²) in [6.45, 7) is 13.9. The molecule has 1 aliphatic rings. The molecule has 1 unspecified atom stereocenters. The van der Waals surface area contributed by atoms with Gasteiger partial charge in [0.05, 0.1) is 32.7 Å². The Morgan fingerprint density at radius 2 is 1.59 bits per heavy atom. The van der Waals surface area contributed by atoms with Gasteiger partial charge in [-0.1, -0.05) is 57.9 Å². The van der Waals surface area contributed by atoms with Crippen LogP contribution in [-0.2, 0) is 21.2 Å². The van der Waals surface area contributed by atoms with E-state index in [0.717, 1.165) is 54.3 Å². The quantitative estimate of drug-likeness (QED) is 0.252. The predicted octanol–water partition coefficient (Wildman–Crippen LogP) is 6.47. The molecule has 1 atom stereocenters. The van der Waals surface area contributed by atoms with Crippen molar-refractivity contribution in [2.45, 2.75) is 52.0 Å². The minimum Gasteiger partial charge on any atom is -0.319 e. The lowest BCUT2D eigenvalue weighted by Gasteiger charge is -2.38. The van der Waals surface area contributed by atoms with Crippen LogP contribution in [0.4, 0.5) is 0 Å². The van der Waals surface area contributed by atoms with Gasteiger partial charge in [0.25, 0.3) is 0 Å². The topological polar surface area (TPSA) is 40.5 Å². The molecule has 0 spiro atoms. The third-order valence-corrected chi connectivity index (χ3v) is 9.40. The largest absolute Gasteiger partial charge is 0.325 e. The van der Waals surface area contributed by atoms with Gasteiger partial charge in [-0.25, -0.2) is 0 Å². The molecule has 1 saturated carbocycles. The summed E-state index contributed by atoms with van der Waals surface area (Å²) in [7, 11) is -3.30. The van der Waals surface area contributed by atoms with Crippen molar-refractivity contribution in [3.05, 3.63) is 77.4 Å². The highest BCUT2D eigenvalue weighted by Gasteiger charge is 2.43. The highest BCUT2D eigenvalue weighted by atomic mass is 32.3. The Kier molecular flexibility index (Phi) is 7.58. The third kappa shape index (κ3) is 5.77. The molecule has 0 saturated heterocycles. The van der Waals surface area contributed by atoms with Gasteiger partial charge in [0.15, 0.2) is 0 Å². The first-order chi connectivity index (χ1) is 16.2. The van der Waals surface area contributed by atoms with Crippen molar-refractivity contribution < 1.29 is 13.2 Å². The van der Waals surface area contributed by atoms with E-state index in [-0.39, 0.29) is 0 Å². The number of aryl methyl sites for hydroxylation is 2. The summed E-state index contributed by atoms with van der Waals surface area (Å²) < 4.78 is 28.1. The monoisotopic (exact) mass is 480 g/mol. The Hall–Kier alpha value is -2.05. The fourth-order valence-electron chi connectivity index (χ4n) is 5.10. The number of quaternary nitrogens is 1. The van der Waals surface area contributed by atoms with Gasteiger partial charge in [-0.05, 0) is 73.6 Å². The number of hydrogen-bond acceptors (Lipinski definition) is 1. The number of rotatable bonds is 11. The first kappa shape index (κ1) is 25.1. The minimum atomic E-state index is -3.30. The maximum absolute atomic E-state index is 13.9. The molecule has 3 aromatic carbocycles. The zero-order chi connectivity index (χ0) is 24.3. The summed E-state index contributed by atoms with van der Waals surface area (Å²) in [5.74, 6) is 0.540. The maximum Gasteiger partial charge on any atom is 0.325 e. The molecule has 0 amide bonds. The van der Waals surface area contributed by atoms with E-state index in [1.165, 1.54) is 16.7 Å². The Labute approximate surface area is 206 Å². The molecular formula is C29H40N2O2S+2. The van der Waals surface area contributed by atoms with Crippen LogP contribution in [0.1, 0.15) is 43.4 Å². The smallest absolute Gasteiger partial charge is 0.319 e. The van der Waals surface area contributed by atoms with Crippen molar-refractivity contribution in [3.63, 3.8) is 0 Å². The van der Waals surface area contributed by atoms with Crippen molar-refractivity contribution in [3.8, 4) is 0 Å². The zero-order valence-electron chi connectivity index (χ0n) is 21.2. The van der Waals surface area contributed by atoms with E-state index in [4.69, 9.17) is 0 Å². The fourth-order valence-corrected chi connectivity index (χ4v) is 6.67. The van der Waals surface area contributed by atoms with E-state index in [2.05, 4.69) is 45.9 Å². The van der Waals surface area contributed by atoms with Gasteiger partial charge in [-0.15, -0.1) is 0 Å². The van der Waals surface area contributed by atoms with E-state index in [9.17, 15) is 8.76 Å². The normalized spacial score (nSPS) is 16.2. The molecule has 1 fully saturated rings. The van der Waals surface area contributed by atoms with Gasteiger partial charge in [0.2, 0.25) is 4.90 Å². The van der Waals surface area contributed by atoms with Crippen LogP contribution in [0.3, 0.4) is 0 Å². The molecule has 0 aliphatic heterocycles. The second-order valence-corrected chi connectivity index (χ2v) is 12.2. The van der Waals surface area contributed by atoms with E-state index in [1.54, 1.807) is 0 Å². The molecule has 0 aromatic heterocycles. The van der Waals surface area contributed by atoms with E-state index >= 15 is 0 Å². The van der Waals surface area contributed by atoms with Crippen molar-refractivity contribution in [2.75, 3.05) is 32.7 Å². The molecule has 1 aliphatic carbocycles. The Morgan fingerprint density at radius 1 is 0.941 bits per heavy atom. The number of likely N-dealkylation sites (N-methyl/N-ethyl adjacent to an activating group) is 1. The van der Waals surface area contributed by atoms with Crippen LogP contribution in [0, 0.1) is 19.8 Å². The summed E-state index contributed by atoms with van der Waals surface area (Å²) in [5, 5.41) is 2.10. The van der Waals surface area contributed by atoms with Crippen LogP contribution in [-0.4, -0.2) is 46.1 Å². The van der Waals surface area contributed by atoms with Crippen LogP contribution < -0.4 is 0 Å². The molecule has 4 nitrogen and oxygen atoms in total. The standard InChI is InChI=1S/C29H39N2O2S/c1-5-31(6-2,22-26-18-23(3)17-24(4)19-26)16-15-30(21-25-11-12-25)34(32,33)29-14-13-27-9-7-8-10-28(27)20-29/h7-10,13-14,17-20,25H,5-6,11-12,15-16,21-22H2,1-4H3/q+1/p+1. The first-order valence-electron chi connectivity index (χ1n) is 12.7. The summed E-state index contributed by atoms with van der Waals surface area (Å²) in [6.07, 6.45) is 2.32. The van der Waals surface area contributed by atoms with E-state index in [0.29, 0.717) is 23.9 Å². The molecule has 3 aromatic rings. The predicted molar refractivity (Wildman–Crippen MR) is 143 cm³/mol. The third-order valence-electron chi connectivity index (χ3n) is 7.50. The second kappa shape index (κ2) is 10.3. The Balaban J connectivity index is 1.58. The van der Waals surface area contributed by atoms with Gasteiger partial charge < -0.3 is 4.48 Å². The van der Waals surface area contributed by atoms with Crippen molar-refractivity contribution in [1.29, 1.82) is 0 Å². The maximum atomic E-state index is 13.9. The van der Waals surface area contributed by atoms with Gasteiger partial charge in [-0.2, -0.15) is 4.55 Å². The summed E-state index contributed by atoms with van der Waals surface area (Å²) >= 11 is 0. The molecule has 0 bridgehead atoms. The van der Waals surface area contributed by atoms with Gasteiger partial charge >= 0.3 is 10.4 Å². The lowest BCUT2D eigenvalue weighted by atomic mass is 10.1. The van der Waals surface area contributed by atoms with Crippen LogP contribution in [0.25, 0.3) is 10.8 Å². The molecule has 5 heteroatoms. The van der Waals surface area contributed by atoms with Crippen LogP contribution >= 0.6 is 0 Å². The average molecular weight is 481 g/mol. The van der Waals surface area contributed by atoms with E-state index < -0.39 is 10.4 Å². The van der Waals surface area contributed by atoms with Crippen molar-refractivity contribution in [1.82, 2.24) is 4.31 Å². The number of nitrogens with zero attached hydrogens (tertiary/aromatic N) is 2. The second-order valence-electron chi connectivity index (χ2n) is 10.2. The SMILES string of the molecule is CC[N+](CC)(CCN(CC1CC1)[S+](=O)(O)c1ccc2ccccc2c1)Cc1cc(C)cc(C)c1. The molecule has 1 N–H and O–H groups in total. The minimum absolute atomic E-state index is 0.521. The van der Waals surface area contributed by atoms with Crippen molar-refractivity contribution >= 4 is 21.2 Å². The first-order valence-corrected chi connectivity index (χ1v) is 14.1. The van der Waals surface area contributed by atoms with Crippen LogP contribution in [0.2, 0.25) is 0 Å². The van der Waals surface area contributed by atoms with Gasteiger partial charge in [0.1, 0.15) is 6.54 Å². The molecule has 0 radical (unpaired) electrons. The number of hydrogen-bond donors (Lipinski definition) is 1. The molecular weight excluding hydrogens is 440 g/mol. The number of fused-ring (bicyclic) bond motifs is 1. The fraction of sp³-hybridized carbons (Fsp3) is 0.448. The van der Waals surface area contributed by atoms with Crippen LogP contribution in [0.5, 0.6) is 0 Å². The lowest BCUT2D eigenvalue weighted by molar-refractivity contribution is -0.937. The van der Waals surface area contributed by atoms with Gasteiger partial charge in [0, 0.05) is 11.6 Å². The molecule has 34 heavy (non-hydrogen) atoms. The average Bonchev–Trinajstić information content (AvgIpc) is 3.64. The zero-order valence-corrected chi connectivity index (χ0v) is 22.0. The summed E-state index contributed by atoms with van der Waals surface area (Å²) in [5.41, 5.74) is 3.95. The Morgan fingerprint density at radius 3 is 2.21 bits per heavy atom. The van der Waals surface area contributed by atoms with Crippen LogP contribution in [0.15, 0.2) is 65.6 Å². The number of benzene rings is 3. The van der Waals surface area contributed by atoms with E-state index in [1.807, 2.05) is 46.8 Å². The lowest BCUT2D eigenvalue weighted by Crippen LogP contribution is -2.52. The highest BCUT2D eigenvalue weighted by molar-refractivity contribution is 7.95.